The van der Waals surface area contributed by atoms with Gasteiger partial charge >= 0.3 is 0 Å². The van der Waals surface area contributed by atoms with E-state index in [1.54, 1.807) is 26.2 Å². The van der Waals surface area contributed by atoms with E-state index < -0.39 is 22.0 Å². The highest BCUT2D eigenvalue weighted by molar-refractivity contribution is 7.92. The predicted molar refractivity (Wildman–Crippen MR) is 128 cm³/mol. The lowest BCUT2D eigenvalue weighted by Gasteiger charge is -2.30. The third-order valence-corrected chi connectivity index (χ3v) is 7.13. The van der Waals surface area contributed by atoms with Crippen molar-refractivity contribution in [3.05, 3.63) is 53.6 Å². The average molecular weight is 475 g/mol. The van der Waals surface area contributed by atoms with Gasteiger partial charge in [-0.15, -0.1) is 10.2 Å². The van der Waals surface area contributed by atoms with Gasteiger partial charge in [0.1, 0.15) is 16.8 Å². The first-order valence-corrected chi connectivity index (χ1v) is 12.7. The van der Waals surface area contributed by atoms with E-state index >= 15 is 0 Å². The molecule has 10 heteroatoms. The monoisotopic (exact) mass is 474 g/mol. The van der Waals surface area contributed by atoms with Crippen LogP contribution in [0.25, 0.3) is 10.6 Å². The minimum Gasteiger partial charge on any atom is -0.497 e. The zero-order chi connectivity index (χ0) is 23.5. The van der Waals surface area contributed by atoms with Gasteiger partial charge in [-0.25, -0.2) is 8.42 Å². The molecular weight excluding hydrogens is 448 g/mol. The Morgan fingerprint density at radius 2 is 1.81 bits per heavy atom. The van der Waals surface area contributed by atoms with Crippen molar-refractivity contribution in [2.24, 2.45) is 0 Å². The van der Waals surface area contributed by atoms with Crippen LogP contribution in [-0.4, -0.2) is 43.9 Å². The van der Waals surface area contributed by atoms with Crippen molar-refractivity contribution in [3.63, 3.8) is 0 Å². The summed E-state index contributed by atoms with van der Waals surface area (Å²) in [5, 5.41) is 11.8. The van der Waals surface area contributed by atoms with Crippen LogP contribution in [0.1, 0.15) is 24.5 Å². The van der Waals surface area contributed by atoms with Gasteiger partial charge in [0.25, 0.3) is 0 Å². The number of aromatic nitrogens is 2. The summed E-state index contributed by atoms with van der Waals surface area (Å²) < 4.78 is 31.6. The van der Waals surface area contributed by atoms with Gasteiger partial charge in [-0.3, -0.25) is 14.4 Å². The number of nitrogens with zero attached hydrogens (tertiary/aromatic N) is 3. The Hall–Kier alpha value is -2.98. The molecule has 0 saturated heterocycles. The third kappa shape index (κ3) is 5.25. The third-order valence-electron chi connectivity index (χ3n) is 5.07. The first-order valence-electron chi connectivity index (χ1n) is 9.99. The maximum Gasteiger partial charge on any atom is 0.250 e. The van der Waals surface area contributed by atoms with Gasteiger partial charge in [0.15, 0.2) is 0 Å². The van der Waals surface area contributed by atoms with E-state index in [0.717, 1.165) is 28.7 Å². The van der Waals surface area contributed by atoms with Crippen LogP contribution in [-0.2, 0) is 14.8 Å². The molecule has 1 atom stereocenters. The number of aryl methyl sites for hydroxylation is 2. The van der Waals surface area contributed by atoms with E-state index in [0.29, 0.717) is 15.8 Å². The Balaban J connectivity index is 1.85. The number of anilines is 2. The first-order chi connectivity index (χ1) is 15.1. The number of sulfonamides is 1. The number of nitrogens with one attached hydrogen (secondary N) is 1. The highest BCUT2D eigenvalue weighted by atomic mass is 32.2. The fraction of sp³-hybridized carbons (Fsp3) is 0.318. The Morgan fingerprint density at radius 3 is 2.38 bits per heavy atom. The molecule has 3 aromatic rings. The van der Waals surface area contributed by atoms with Crippen molar-refractivity contribution in [2.45, 2.75) is 33.2 Å². The molecule has 2 aromatic carbocycles. The molecule has 3 rings (SSSR count). The number of amides is 1. The van der Waals surface area contributed by atoms with Crippen LogP contribution in [0.15, 0.2) is 42.5 Å². The standard InChI is InChI=1S/C22H26N4O4S2/c1-6-19(26(32(5,28)29)17-10-7-14(2)15(3)13-17)20(27)23-22-25-24-21(31-22)16-8-11-18(30-4)12-9-16/h7-13,19H,6H2,1-5H3,(H,23,25,27)/t19-/m1/s1. The second kappa shape index (κ2) is 9.66. The lowest BCUT2D eigenvalue weighted by atomic mass is 10.1. The molecule has 170 valence electrons. The summed E-state index contributed by atoms with van der Waals surface area (Å²) in [6, 6.07) is 11.7. The molecule has 0 radical (unpaired) electrons. The largest absolute Gasteiger partial charge is 0.497 e. The SMILES string of the molecule is CC[C@H](C(=O)Nc1nnc(-c2ccc(OC)cc2)s1)N(c1ccc(C)c(C)c1)S(C)(=O)=O. The van der Waals surface area contributed by atoms with Crippen molar-refractivity contribution in [1.29, 1.82) is 0 Å². The van der Waals surface area contributed by atoms with Gasteiger partial charge in [0, 0.05) is 5.56 Å². The van der Waals surface area contributed by atoms with E-state index in [-0.39, 0.29) is 6.42 Å². The minimum absolute atomic E-state index is 0.288. The number of methoxy groups -OCH3 is 1. The Kier molecular flexibility index (Phi) is 7.15. The molecule has 0 aliphatic carbocycles. The summed E-state index contributed by atoms with van der Waals surface area (Å²) in [5.41, 5.74) is 3.27. The van der Waals surface area contributed by atoms with Gasteiger partial charge in [-0.1, -0.05) is 24.3 Å². The maximum absolute atomic E-state index is 13.1. The number of rotatable bonds is 8. The number of carbonyl (C=O) groups is 1. The number of ether oxygens (including phenoxy) is 1. The lowest BCUT2D eigenvalue weighted by molar-refractivity contribution is -0.117. The van der Waals surface area contributed by atoms with Crippen LogP contribution in [0.2, 0.25) is 0 Å². The molecule has 0 bridgehead atoms. The van der Waals surface area contributed by atoms with E-state index in [1.807, 2.05) is 44.2 Å². The highest BCUT2D eigenvalue weighted by Gasteiger charge is 2.32. The molecule has 1 aromatic heterocycles. The molecule has 32 heavy (non-hydrogen) atoms. The van der Waals surface area contributed by atoms with E-state index in [1.165, 1.54) is 15.6 Å². The van der Waals surface area contributed by atoms with Gasteiger partial charge in [0.2, 0.25) is 21.1 Å². The van der Waals surface area contributed by atoms with Gasteiger partial charge < -0.3 is 4.74 Å². The van der Waals surface area contributed by atoms with Crippen molar-refractivity contribution in [3.8, 4) is 16.3 Å². The molecule has 0 aliphatic rings. The summed E-state index contributed by atoms with van der Waals surface area (Å²) in [7, 11) is -2.12. The van der Waals surface area contributed by atoms with Gasteiger partial charge in [-0.05, 0) is 67.8 Å². The van der Waals surface area contributed by atoms with Gasteiger partial charge in [-0.2, -0.15) is 0 Å². The number of carbonyl (C=O) groups excluding carboxylic acids is 1. The quantitative estimate of drug-likeness (QED) is 0.529. The smallest absolute Gasteiger partial charge is 0.250 e. The topological polar surface area (TPSA) is 101 Å². The summed E-state index contributed by atoms with van der Waals surface area (Å²) in [6.07, 6.45) is 1.39. The molecule has 0 spiro atoms. The number of hydrogen-bond acceptors (Lipinski definition) is 7. The second-order valence-corrected chi connectivity index (χ2v) is 10.2. The molecule has 8 nitrogen and oxygen atoms in total. The second-order valence-electron chi connectivity index (χ2n) is 7.38. The summed E-state index contributed by atoms with van der Waals surface area (Å²) in [5.74, 6) is 0.262. The molecule has 0 aliphatic heterocycles. The van der Waals surface area contributed by atoms with Crippen molar-refractivity contribution >= 4 is 38.1 Å². The molecular formula is C22H26N4O4S2. The maximum atomic E-state index is 13.1. The molecule has 1 heterocycles. The molecule has 1 N–H and O–H groups in total. The van der Waals surface area contributed by atoms with E-state index in [9.17, 15) is 13.2 Å². The molecule has 1 amide bonds. The first kappa shape index (κ1) is 23.7. The highest BCUT2D eigenvalue weighted by Crippen LogP contribution is 2.29. The zero-order valence-electron chi connectivity index (χ0n) is 18.6. The fourth-order valence-corrected chi connectivity index (χ4v) is 5.19. The van der Waals surface area contributed by atoms with Crippen LogP contribution in [0.5, 0.6) is 5.75 Å². The van der Waals surface area contributed by atoms with Crippen LogP contribution >= 0.6 is 11.3 Å². The van der Waals surface area contributed by atoms with Crippen LogP contribution in [0.3, 0.4) is 0 Å². The van der Waals surface area contributed by atoms with Crippen LogP contribution in [0, 0.1) is 13.8 Å². The predicted octanol–water partition coefficient (Wildman–Crippen LogP) is 4.01. The van der Waals surface area contributed by atoms with Crippen LogP contribution < -0.4 is 14.4 Å². The number of benzene rings is 2. The summed E-state index contributed by atoms with van der Waals surface area (Å²) >= 11 is 1.21. The van der Waals surface area contributed by atoms with Gasteiger partial charge in [0.05, 0.1) is 19.1 Å². The Labute approximate surface area is 192 Å². The van der Waals surface area contributed by atoms with Crippen molar-refractivity contribution in [2.75, 3.05) is 23.0 Å². The lowest BCUT2D eigenvalue weighted by Crippen LogP contribution is -2.47. The normalized spacial score (nSPS) is 12.3. The Bertz CT molecular complexity index is 1210. The minimum atomic E-state index is -3.71. The average Bonchev–Trinajstić information content (AvgIpc) is 3.21. The van der Waals surface area contributed by atoms with E-state index in [4.69, 9.17) is 4.74 Å². The fourth-order valence-electron chi connectivity index (χ4n) is 3.24. The van der Waals surface area contributed by atoms with Crippen molar-refractivity contribution < 1.29 is 17.9 Å². The number of hydrogen-bond donors (Lipinski definition) is 1. The Morgan fingerprint density at radius 1 is 1.12 bits per heavy atom. The summed E-state index contributed by atoms with van der Waals surface area (Å²) in [6.45, 7) is 5.62. The van der Waals surface area contributed by atoms with E-state index in [2.05, 4.69) is 15.5 Å². The molecule has 0 unspecified atom stereocenters. The van der Waals surface area contributed by atoms with Crippen LogP contribution in [0.4, 0.5) is 10.8 Å². The molecule has 0 saturated carbocycles. The zero-order valence-corrected chi connectivity index (χ0v) is 20.3. The van der Waals surface area contributed by atoms with Crippen molar-refractivity contribution in [1.82, 2.24) is 10.2 Å². The molecule has 0 fully saturated rings. The summed E-state index contributed by atoms with van der Waals surface area (Å²) in [4.78, 5) is 13.1.